The van der Waals surface area contributed by atoms with Crippen molar-refractivity contribution in [3.8, 4) is 0 Å². The van der Waals surface area contributed by atoms with Gasteiger partial charge in [-0.05, 0) is 55.3 Å². The van der Waals surface area contributed by atoms with Gasteiger partial charge in [0, 0.05) is 56.9 Å². The van der Waals surface area contributed by atoms with Crippen LogP contribution in [-0.2, 0) is 6.54 Å². The minimum atomic E-state index is -4.18. The van der Waals surface area contributed by atoms with E-state index in [2.05, 4.69) is 10.2 Å². The normalized spacial score (nSPS) is 19.7. The first-order valence-corrected chi connectivity index (χ1v) is 12.9. The van der Waals surface area contributed by atoms with E-state index >= 15 is 0 Å². The molecule has 2 aliphatic rings. The highest BCUT2D eigenvalue weighted by Crippen LogP contribution is 2.31. The molecular formula is C26H32ClF4N5O. The predicted octanol–water partition coefficient (Wildman–Crippen LogP) is 4.73. The van der Waals surface area contributed by atoms with Crippen molar-refractivity contribution in [3.63, 3.8) is 0 Å². The molecule has 4 rings (SSSR count). The zero-order chi connectivity index (χ0) is 26.6. The quantitative estimate of drug-likeness (QED) is 0.496. The number of halogens is 5. The molecule has 1 atom stereocenters. The van der Waals surface area contributed by atoms with E-state index in [4.69, 9.17) is 17.3 Å². The number of piperidine rings is 1. The summed E-state index contributed by atoms with van der Waals surface area (Å²) in [5.41, 5.74) is 7.85. The van der Waals surface area contributed by atoms with E-state index in [1.165, 1.54) is 12.1 Å². The van der Waals surface area contributed by atoms with Crippen molar-refractivity contribution >= 4 is 28.9 Å². The molecule has 2 saturated heterocycles. The van der Waals surface area contributed by atoms with Gasteiger partial charge in [0.15, 0.2) is 0 Å². The Morgan fingerprint density at radius 3 is 2.49 bits per heavy atom. The fraction of sp³-hybridized carbons (Fsp3) is 0.500. The molecule has 0 aliphatic carbocycles. The Kier molecular flexibility index (Phi) is 8.94. The van der Waals surface area contributed by atoms with Gasteiger partial charge in [-0.25, -0.2) is 4.39 Å². The molecule has 0 aromatic heterocycles. The lowest BCUT2D eigenvalue weighted by atomic mass is 10.0. The highest BCUT2D eigenvalue weighted by molar-refractivity contribution is 6.31. The summed E-state index contributed by atoms with van der Waals surface area (Å²) in [6.07, 6.45) is -3.03. The van der Waals surface area contributed by atoms with Gasteiger partial charge < -0.3 is 16.0 Å². The van der Waals surface area contributed by atoms with Gasteiger partial charge in [0.25, 0.3) is 5.91 Å². The van der Waals surface area contributed by atoms with Crippen molar-refractivity contribution in [3.05, 3.63) is 58.4 Å². The second kappa shape index (κ2) is 12.0. The Hall–Kier alpha value is -2.40. The topological polar surface area (TPSA) is 64.8 Å². The summed E-state index contributed by atoms with van der Waals surface area (Å²) in [4.78, 5) is 18.9. The van der Waals surface area contributed by atoms with E-state index in [1.54, 1.807) is 29.2 Å². The predicted molar refractivity (Wildman–Crippen MR) is 138 cm³/mol. The maximum Gasteiger partial charge on any atom is 0.390 e. The van der Waals surface area contributed by atoms with E-state index in [0.29, 0.717) is 49.1 Å². The lowest BCUT2D eigenvalue weighted by Gasteiger charge is -2.37. The number of hydrogen-bond acceptors (Lipinski definition) is 5. The molecule has 3 N–H and O–H groups in total. The van der Waals surface area contributed by atoms with Crippen molar-refractivity contribution in [2.24, 2.45) is 5.73 Å². The van der Waals surface area contributed by atoms with Crippen molar-refractivity contribution in [1.29, 1.82) is 0 Å². The Balaban J connectivity index is 1.40. The number of benzene rings is 2. The fourth-order valence-electron chi connectivity index (χ4n) is 4.89. The lowest BCUT2D eigenvalue weighted by Crippen LogP contribution is -2.47. The van der Waals surface area contributed by atoms with Gasteiger partial charge in [-0.3, -0.25) is 14.6 Å². The molecule has 0 unspecified atom stereocenters. The van der Waals surface area contributed by atoms with E-state index < -0.39 is 24.3 Å². The van der Waals surface area contributed by atoms with E-state index in [1.807, 2.05) is 4.90 Å². The van der Waals surface area contributed by atoms with Crippen molar-refractivity contribution < 1.29 is 22.4 Å². The van der Waals surface area contributed by atoms with Crippen LogP contribution in [0.5, 0.6) is 0 Å². The standard InChI is InChI=1S/C26H32ClF4N5O/c27-19-4-6-23(24(15-19)36-12-10-34(11-13-36)9-7-26(29,30)31)33-25(37)21-5-3-18(14-22(21)28)16-35-8-1-2-20(32)17-35/h3-6,14-15,20H,1-2,7-13,16-17,32H2,(H,33,37)/t20-/m0/s1. The van der Waals surface area contributed by atoms with Crippen LogP contribution in [-0.4, -0.2) is 73.7 Å². The summed E-state index contributed by atoms with van der Waals surface area (Å²) in [5, 5.41) is 3.25. The van der Waals surface area contributed by atoms with Gasteiger partial charge in [-0.1, -0.05) is 17.7 Å². The summed E-state index contributed by atoms with van der Waals surface area (Å²) >= 11 is 6.20. The number of carbonyl (C=O) groups excluding carboxylic acids is 1. The Morgan fingerprint density at radius 2 is 1.81 bits per heavy atom. The molecule has 37 heavy (non-hydrogen) atoms. The molecule has 0 bridgehead atoms. The summed E-state index contributed by atoms with van der Waals surface area (Å²) < 4.78 is 52.6. The highest BCUT2D eigenvalue weighted by Gasteiger charge is 2.29. The Bertz CT molecular complexity index is 1090. The van der Waals surface area contributed by atoms with Gasteiger partial charge in [-0.2, -0.15) is 13.2 Å². The van der Waals surface area contributed by atoms with Gasteiger partial charge in [-0.15, -0.1) is 0 Å². The SMILES string of the molecule is N[C@H]1CCCN(Cc2ccc(C(=O)Nc3ccc(Cl)cc3N3CCN(CCC(F)(F)F)CC3)c(F)c2)C1. The first-order chi connectivity index (χ1) is 17.6. The van der Waals surface area contributed by atoms with Gasteiger partial charge in [0.05, 0.1) is 23.4 Å². The number of anilines is 2. The van der Waals surface area contributed by atoms with Gasteiger partial charge in [0.1, 0.15) is 5.82 Å². The van der Waals surface area contributed by atoms with Gasteiger partial charge in [0.2, 0.25) is 0 Å². The summed E-state index contributed by atoms with van der Waals surface area (Å²) in [6, 6.07) is 9.73. The van der Waals surface area contributed by atoms with Crippen LogP contribution in [0.3, 0.4) is 0 Å². The van der Waals surface area contributed by atoms with Crippen molar-refractivity contribution in [2.45, 2.75) is 38.0 Å². The van der Waals surface area contributed by atoms with Gasteiger partial charge >= 0.3 is 6.18 Å². The third-order valence-corrected chi connectivity index (χ3v) is 7.09. The van der Waals surface area contributed by atoms with Crippen LogP contribution < -0.4 is 16.0 Å². The number of carbonyl (C=O) groups is 1. The Labute approximate surface area is 219 Å². The molecule has 2 fully saturated rings. The number of hydrogen-bond donors (Lipinski definition) is 2. The fourth-order valence-corrected chi connectivity index (χ4v) is 5.06. The molecule has 2 aromatic rings. The van der Waals surface area contributed by atoms with Crippen LogP contribution in [0.1, 0.15) is 35.2 Å². The Morgan fingerprint density at radius 1 is 1.05 bits per heavy atom. The van der Waals surface area contributed by atoms with Crippen LogP contribution >= 0.6 is 11.6 Å². The number of nitrogens with zero attached hydrogens (tertiary/aromatic N) is 3. The van der Waals surface area contributed by atoms with Crippen LogP contribution in [0.4, 0.5) is 28.9 Å². The molecule has 0 radical (unpaired) electrons. The molecule has 6 nitrogen and oxygen atoms in total. The average molecular weight is 542 g/mol. The number of amides is 1. The first-order valence-electron chi connectivity index (χ1n) is 12.5. The summed E-state index contributed by atoms with van der Waals surface area (Å²) in [6.45, 7) is 4.06. The van der Waals surface area contributed by atoms with E-state index in [0.717, 1.165) is 31.5 Å². The summed E-state index contributed by atoms with van der Waals surface area (Å²) in [7, 11) is 0. The monoisotopic (exact) mass is 541 g/mol. The zero-order valence-corrected chi connectivity index (χ0v) is 21.3. The molecule has 1 amide bonds. The molecule has 11 heteroatoms. The van der Waals surface area contributed by atoms with Crippen molar-refractivity contribution in [1.82, 2.24) is 9.80 Å². The largest absolute Gasteiger partial charge is 0.390 e. The molecular weight excluding hydrogens is 510 g/mol. The third-order valence-electron chi connectivity index (χ3n) is 6.86. The van der Waals surface area contributed by atoms with Crippen LogP contribution in [0, 0.1) is 5.82 Å². The number of nitrogens with one attached hydrogen (secondary N) is 1. The van der Waals surface area contributed by atoms with Crippen molar-refractivity contribution in [2.75, 3.05) is 56.0 Å². The lowest BCUT2D eigenvalue weighted by molar-refractivity contribution is -0.138. The molecule has 2 aromatic carbocycles. The number of nitrogens with two attached hydrogens (primary N) is 1. The number of piperazine rings is 1. The molecule has 2 aliphatic heterocycles. The second-order valence-corrected chi connectivity index (χ2v) is 10.2. The molecule has 2 heterocycles. The van der Waals surface area contributed by atoms with E-state index in [-0.39, 0.29) is 18.2 Å². The maximum absolute atomic E-state index is 14.9. The minimum Gasteiger partial charge on any atom is -0.367 e. The summed E-state index contributed by atoms with van der Waals surface area (Å²) in [5.74, 6) is -1.19. The van der Waals surface area contributed by atoms with Crippen LogP contribution in [0.2, 0.25) is 5.02 Å². The molecule has 0 saturated carbocycles. The molecule has 0 spiro atoms. The third kappa shape index (κ3) is 7.80. The van der Waals surface area contributed by atoms with E-state index in [9.17, 15) is 22.4 Å². The maximum atomic E-state index is 14.9. The highest BCUT2D eigenvalue weighted by atomic mass is 35.5. The number of rotatable bonds is 7. The first kappa shape index (κ1) is 27.6. The van der Waals surface area contributed by atoms with Crippen LogP contribution in [0.15, 0.2) is 36.4 Å². The number of likely N-dealkylation sites (tertiary alicyclic amines) is 1. The average Bonchev–Trinajstić information content (AvgIpc) is 2.84. The van der Waals surface area contributed by atoms with Crippen LogP contribution in [0.25, 0.3) is 0 Å². The smallest absolute Gasteiger partial charge is 0.367 e. The minimum absolute atomic E-state index is 0.0453. The molecule has 202 valence electrons. The second-order valence-electron chi connectivity index (χ2n) is 9.76. The number of alkyl halides is 3. The zero-order valence-electron chi connectivity index (χ0n) is 20.5.